The van der Waals surface area contributed by atoms with Gasteiger partial charge in [-0.1, -0.05) is 18.5 Å². The maximum absolute atomic E-state index is 12.1. The molecule has 1 heterocycles. The zero-order valence-corrected chi connectivity index (χ0v) is 11.9. The van der Waals surface area contributed by atoms with Crippen LogP contribution >= 0.6 is 11.6 Å². The summed E-state index contributed by atoms with van der Waals surface area (Å²) in [5.41, 5.74) is 0.533. The third-order valence-corrected chi connectivity index (χ3v) is 2.97. The van der Waals surface area contributed by atoms with Gasteiger partial charge in [0.15, 0.2) is 0 Å². The van der Waals surface area contributed by atoms with Gasteiger partial charge in [0.25, 0.3) is 5.91 Å². The minimum atomic E-state index is -0.0311. The van der Waals surface area contributed by atoms with Crippen molar-refractivity contribution < 1.29 is 4.79 Å². The van der Waals surface area contributed by atoms with Crippen LogP contribution in [-0.4, -0.2) is 35.4 Å². The molecule has 0 saturated heterocycles. The first kappa shape index (κ1) is 14.8. The second kappa shape index (κ2) is 7.21. The molecule has 18 heavy (non-hydrogen) atoms. The molecule has 0 aliphatic rings. The van der Waals surface area contributed by atoms with Crippen LogP contribution in [0.4, 0.5) is 5.82 Å². The number of rotatable bonds is 6. The van der Waals surface area contributed by atoms with Crippen molar-refractivity contribution in [2.45, 2.75) is 27.2 Å². The molecule has 0 saturated carbocycles. The van der Waals surface area contributed by atoms with Crippen molar-refractivity contribution in [3.05, 3.63) is 22.8 Å². The maximum Gasteiger partial charge on any atom is 0.255 e. The maximum atomic E-state index is 12.1. The van der Waals surface area contributed by atoms with Crippen LogP contribution in [0.5, 0.6) is 0 Å². The predicted molar refractivity (Wildman–Crippen MR) is 75.3 cm³/mol. The predicted octanol–water partition coefficient (Wildman–Crippen LogP) is 3.04. The Labute approximate surface area is 113 Å². The highest BCUT2D eigenvalue weighted by atomic mass is 35.5. The second-order valence-electron chi connectivity index (χ2n) is 3.96. The van der Waals surface area contributed by atoms with Gasteiger partial charge < -0.3 is 10.2 Å². The third-order valence-electron chi connectivity index (χ3n) is 2.68. The summed E-state index contributed by atoms with van der Waals surface area (Å²) in [6.45, 7) is 8.15. The summed E-state index contributed by atoms with van der Waals surface area (Å²) in [6, 6.07) is 1.67. The number of amides is 1. The van der Waals surface area contributed by atoms with Crippen LogP contribution in [0.3, 0.4) is 0 Å². The fraction of sp³-hybridized carbons (Fsp3) is 0.538. The van der Waals surface area contributed by atoms with E-state index in [1.807, 2.05) is 13.8 Å². The zero-order valence-electron chi connectivity index (χ0n) is 11.2. The van der Waals surface area contributed by atoms with Crippen LogP contribution in [-0.2, 0) is 0 Å². The molecule has 0 radical (unpaired) electrons. The van der Waals surface area contributed by atoms with Gasteiger partial charge in [0, 0.05) is 25.8 Å². The Bertz CT molecular complexity index is 405. The van der Waals surface area contributed by atoms with Crippen molar-refractivity contribution in [1.29, 1.82) is 0 Å². The molecular weight excluding hydrogens is 250 g/mol. The van der Waals surface area contributed by atoms with Gasteiger partial charge in [-0.2, -0.15) is 0 Å². The summed E-state index contributed by atoms with van der Waals surface area (Å²) in [6.07, 6.45) is 2.57. The summed E-state index contributed by atoms with van der Waals surface area (Å²) in [5.74, 6) is 0.603. The quantitative estimate of drug-likeness (QED) is 0.863. The summed E-state index contributed by atoms with van der Waals surface area (Å²) in [7, 11) is 0. The Kier molecular flexibility index (Phi) is 5.92. The lowest BCUT2D eigenvalue weighted by atomic mass is 10.2. The number of carbonyl (C=O) groups is 1. The van der Waals surface area contributed by atoms with E-state index in [9.17, 15) is 4.79 Å². The first-order valence-electron chi connectivity index (χ1n) is 6.32. The van der Waals surface area contributed by atoms with Crippen molar-refractivity contribution in [2.24, 2.45) is 0 Å². The Hall–Kier alpha value is -1.29. The summed E-state index contributed by atoms with van der Waals surface area (Å²) in [4.78, 5) is 18.0. The van der Waals surface area contributed by atoms with E-state index in [1.54, 1.807) is 17.2 Å². The van der Waals surface area contributed by atoms with Crippen LogP contribution in [0.2, 0.25) is 5.02 Å². The zero-order chi connectivity index (χ0) is 13.5. The minimum Gasteiger partial charge on any atom is -0.369 e. The normalized spacial score (nSPS) is 10.2. The van der Waals surface area contributed by atoms with Crippen molar-refractivity contribution in [3.63, 3.8) is 0 Å². The molecule has 4 nitrogen and oxygen atoms in total. The average Bonchev–Trinajstić information content (AvgIpc) is 2.38. The van der Waals surface area contributed by atoms with Gasteiger partial charge in [0.1, 0.15) is 5.82 Å². The van der Waals surface area contributed by atoms with Gasteiger partial charge in [-0.15, -0.1) is 0 Å². The smallest absolute Gasteiger partial charge is 0.255 e. The summed E-state index contributed by atoms with van der Waals surface area (Å²) >= 11 is 6.10. The van der Waals surface area contributed by atoms with E-state index in [4.69, 9.17) is 11.6 Å². The molecule has 1 rings (SSSR count). The van der Waals surface area contributed by atoms with E-state index in [-0.39, 0.29) is 5.91 Å². The topological polar surface area (TPSA) is 45.2 Å². The van der Waals surface area contributed by atoms with Crippen molar-refractivity contribution >= 4 is 23.3 Å². The Morgan fingerprint density at radius 2 is 2.06 bits per heavy atom. The van der Waals surface area contributed by atoms with E-state index >= 15 is 0 Å². The number of nitrogens with zero attached hydrogens (tertiary/aromatic N) is 2. The molecule has 0 unspecified atom stereocenters. The number of hydrogen-bond acceptors (Lipinski definition) is 3. The van der Waals surface area contributed by atoms with E-state index in [0.29, 0.717) is 29.5 Å². The van der Waals surface area contributed by atoms with Gasteiger partial charge in [-0.25, -0.2) is 4.98 Å². The van der Waals surface area contributed by atoms with Gasteiger partial charge in [-0.05, 0) is 26.3 Å². The average molecular weight is 270 g/mol. The molecule has 0 fully saturated rings. The van der Waals surface area contributed by atoms with E-state index in [1.165, 1.54) is 0 Å². The summed E-state index contributed by atoms with van der Waals surface area (Å²) < 4.78 is 0. The van der Waals surface area contributed by atoms with Crippen LogP contribution in [0.15, 0.2) is 12.3 Å². The fourth-order valence-corrected chi connectivity index (χ4v) is 1.85. The highest BCUT2D eigenvalue weighted by Crippen LogP contribution is 2.20. The summed E-state index contributed by atoms with van der Waals surface area (Å²) in [5, 5.41) is 3.61. The minimum absolute atomic E-state index is 0.0311. The number of nitrogens with one attached hydrogen (secondary N) is 1. The molecule has 1 amide bonds. The lowest BCUT2D eigenvalue weighted by Crippen LogP contribution is -2.30. The van der Waals surface area contributed by atoms with E-state index in [0.717, 1.165) is 13.0 Å². The molecule has 100 valence electrons. The second-order valence-corrected chi connectivity index (χ2v) is 4.37. The fourth-order valence-electron chi connectivity index (χ4n) is 1.62. The molecule has 1 aromatic heterocycles. The number of carbonyl (C=O) groups excluding carboxylic acids is 1. The van der Waals surface area contributed by atoms with Crippen LogP contribution in [0.1, 0.15) is 37.6 Å². The molecular formula is C13H20ClN3O. The standard InChI is InChI=1S/C13H20ClN3O/c1-4-7-15-12-11(14)8-10(9-16-12)13(18)17(5-2)6-3/h8-9H,4-7H2,1-3H3,(H,15,16). The molecule has 5 heteroatoms. The van der Waals surface area contributed by atoms with Gasteiger partial charge in [0.05, 0.1) is 10.6 Å². The van der Waals surface area contributed by atoms with Crippen molar-refractivity contribution in [2.75, 3.05) is 25.0 Å². The van der Waals surface area contributed by atoms with E-state index < -0.39 is 0 Å². The number of pyridine rings is 1. The molecule has 1 aromatic rings. The molecule has 0 aromatic carbocycles. The van der Waals surface area contributed by atoms with Crippen molar-refractivity contribution in [1.82, 2.24) is 9.88 Å². The molecule has 0 aliphatic carbocycles. The first-order valence-corrected chi connectivity index (χ1v) is 6.70. The number of hydrogen-bond donors (Lipinski definition) is 1. The Balaban J connectivity index is 2.86. The highest BCUT2D eigenvalue weighted by molar-refractivity contribution is 6.33. The molecule has 0 bridgehead atoms. The highest BCUT2D eigenvalue weighted by Gasteiger charge is 2.14. The SMILES string of the molecule is CCCNc1ncc(C(=O)N(CC)CC)cc1Cl. The Morgan fingerprint density at radius 3 is 2.56 bits per heavy atom. The largest absolute Gasteiger partial charge is 0.369 e. The molecule has 0 aliphatic heterocycles. The van der Waals surface area contributed by atoms with Gasteiger partial charge >= 0.3 is 0 Å². The first-order chi connectivity index (χ1) is 8.63. The number of aromatic nitrogens is 1. The molecule has 0 spiro atoms. The molecule has 0 atom stereocenters. The van der Waals surface area contributed by atoms with Crippen LogP contribution in [0.25, 0.3) is 0 Å². The lowest BCUT2D eigenvalue weighted by molar-refractivity contribution is 0.0772. The van der Waals surface area contributed by atoms with Crippen LogP contribution < -0.4 is 5.32 Å². The monoisotopic (exact) mass is 269 g/mol. The Morgan fingerprint density at radius 1 is 1.39 bits per heavy atom. The molecule has 1 N–H and O–H groups in total. The van der Waals surface area contributed by atoms with Gasteiger partial charge in [-0.3, -0.25) is 4.79 Å². The van der Waals surface area contributed by atoms with Crippen LogP contribution in [0, 0.1) is 0 Å². The lowest BCUT2D eigenvalue weighted by Gasteiger charge is -2.18. The number of anilines is 1. The van der Waals surface area contributed by atoms with Crippen molar-refractivity contribution in [3.8, 4) is 0 Å². The number of halogens is 1. The third kappa shape index (κ3) is 3.60. The van der Waals surface area contributed by atoms with Gasteiger partial charge in [0.2, 0.25) is 0 Å². The van der Waals surface area contributed by atoms with E-state index in [2.05, 4.69) is 17.2 Å².